The van der Waals surface area contributed by atoms with Gasteiger partial charge >= 0.3 is 0 Å². The molecule has 1 saturated carbocycles. The van der Waals surface area contributed by atoms with Crippen molar-refractivity contribution in [3.63, 3.8) is 0 Å². The van der Waals surface area contributed by atoms with Crippen molar-refractivity contribution in [2.75, 3.05) is 7.11 Å². The Bertz CT molecular complexity index is 1680. The fourth-order valence-corrected chi connectivity index (χ4v) is 4.39. The van der Waals surface area contributed by atoms with E-state index in [1.54, 1.807) is 42.0 Å². The van der Waals surface area contributed by atoms with E-state index in [0.29, 0.717) is 22.6 Å². The lowest BCUT2D eigenvalue weighted by Gasteiger charge is -2.14. The smallest absolute Gasteiger partial charge is 0.279 e. The van der Waals surface area contributed by atoms with Gasteiger partial charge in [-0.15, -0.1) is 0 Å². The number of pyridine rings is 1. The second kappa shape index (κ2) is 7.48. The van der Waals surface area contributed by atoms with Crippen LogP contribution in [0.5, 0.6) is 0 Å². The first-order chi connectivity index (χ1) is 16.6. The van der Waals surface area contributed by atoms with E-state index in [9.17, 15) is 10.1 Å². The highest BCUT2D eigenvalue weighted by Crippen LogP contribution is 2.47. The van der Waals surface area contributed by atoms with E-state index in [2.05, 4.69) is 26.2 Å². The van der Waals surface area contributed by atoms with E-state index in [0.717, 1.165) is 12.8 Å². The number of fused-ring (bicyclic) bond motifs is 3. The first-order valence-electron chi connectivity index (χ1n) is 10.5. The van der Waals surface area contributed by atoms with Crippen molar-refractivity contribution in [2.45, 2.75) is 25.0 Å². The number of rotatable bonds is 5. The SMILES string of the molecule is COC1(c2noc(-c3ncn4c3c(=O)n(Cc3ccccn3)c3c(C#N)c(Cl)ccc34)n2)CC1. The minimum atomic E-state index is -0.540. The lowest BCUT2D eigenvalue weighted by Crippen LogP contribution is -2.25. The van der Waals surface area contributed by atoms with E-state index < -0.39 is 11.2 Å². The molecule has 1 fully saturated rings. The van der Waals surface area contributed by atoms with Crippen LogP contribution in [0, 0.1) is 11.3 Å². The number of methoxy groups -OCH3 is 1. The molecule has 168 valence electrons. The molecule has 4 aromatic heterocycles. The van der Waals surface area contributed by atoms with Crippen molar-refractivity contribution < 1.29 is 9.26 Å². The number of aromatic nitrogens is 6. The van der Waals surface area contributed by atoms with Gasteiger partial charge in [-0.05, 0) is 37.1 Å². The van der Waals surface area contributed by atoms with Crippen molar-refractivity contribution in [3.05, 3.63) is 75.3 Å². The van der Waals surface area contributed by atoms with E-state index in [1.165, 1.54) is 10.9 Å². The van der Waals surface area contributed by atoms with Crippen molar-refractivity contribution in [3.8, 4) is 17.7 Å². The van der Waals surface area contributed by atoms with Gasteiger partial charge in [-0.3, -0.25) is 18.7 Å². The molecule has 1 aromatic carbocycles. The summed E-state index contributed by atoms with van der Waals surface area (Å²) in [5.74, 6) is 0.551. The van der Waals surface area contributed by atoms with Crippen molar-refractivity contribution in [1.82, 2.24) is 29.1 Å². The molecule has 6 rings (SSSR count). The van der Waals surface area contributed by atoms with Gasteiger partial charge in [0.15, 0.2) is 5.69 Å². The highest BCUT2D eigenvalue weighted by atomic mass is 35.5. The molecule has 4 heterocycles. The number of nitriles is 1. The Morgan fingerprint density at radius 1 is 1.24 bits per heavy atom. The number of imidazole rings is 1. The summed E-state index contributed by atoms with van der Waals surface area (Å²) in [4.78, 5) is 27.1. The molecule has 0 unspecified atom stereocenters. The maximum Gasteiger partial charge on any atom is 0.279 e. The molecular formula is C23H16ClN7O3. The number of hydrogen-bond donors (Lipinski definition) is 0. The summed E-state index contributed by atoms with van der Waals surface area (Å²) in [6.45, 7) is 0.133. The van der Waals surface area contributed by atoms with Crippen LogP contribution in [0.25, 0.3) is 28.1 Å². The molecule has 0 bridgehead atoms. The van der Waals surface area contributed by atoms with Crippen LogP contribution in [-0.2, 0) is 16.9 Å². The average molecular weight is 474 g/mol. The number of ether oxygens (including phenoxy) is 1. The molecule has 0 spiro atoms. The van der Waals surface area contributed by atoms with Crippen LogP contribution in [0.1, 0.15) is 29.9 Å². The second-order valence-electron chi connectivity index (χ2n) is 8.05. The van der Waals surface area contributed by atoms with Crippen LogP contribution in [0.15, 0.2) is 52.2 Å². The van der Waals surface area contributed by atoms with Crippen LogP contribution in [0.4, 0.5) is 0 Å². The maximum atomic E-state index is 13.9. The fraction of sp³-hybridized carbons (Fsp3) is 0.217. The molecule has 0 atom stereocenters. The molecule has 11 heteroatoms. The molecule has 5 aromatic rings. The molecule has 34 heavy (non-hydrogen) atoms. The summed E-state index contributed by atoms with van der Waals surface area (Å²) in [6.07, 6.45) is 4.74. The van der Waals surface area contributed by atoms with Gasteiger partial charge < -0.3 is 9.26 Å². The summed E-state index contributed by atoms with van der Waals surface area (Å²) in [7, 11) is 1.61. The summed E-state index contributed by atoms with van der Waals surface area (Å²) < 4.78 is 14.1. The number of benzene rings is 1. The van der Waals surface area contributed by atoms with Crippen molar-refractivity contribution in [1.29, 1.82) is 5.26 Å². The normalized spacial score (nSPS) is 14.5. The average Bonchev–Trinajstić information content (AvgIpc) is 3.28. The zero-order valence-electron chi connectivity index (χ0n) is 17.9. The largest absolute Gasteiger partial charge is 0.370 e. The molecule has 0 saturated heterocycles. The first-order valence-corrected chi connectivity index (χ1v) is 10.9. The Kier molecular flexibility index (Phi) is 4.52. The van der Waals surface area contributed by atoms with Gasteiger partial charge in [0.1, 0.15) is 23.5 Å². The third-order valence-corrected chi connectivity index (χ3v) is 6.45. The Morgan fingerprint density at radius 2 is 2.09 bits per heavy atom. The van der Waals surface area contributed by atoms with Gasteiger partial charge in [-0.1, -0.05) is 22.8 Å². The van der Waals surface area contributed by atoms with Gasteiger partial charge in [0.05, 0.1) is 33.9 Å². The zero-order chi connectivity index (χ0) is 23.4. The van der Waals surface area contributed by atoms with Gasteiger partial charge in [0, 0.05) is 13.3 Å². The van der Waals surface area contributed by atoms with Crippen molar-refractivity contribution >= 4 is 28.2 Å². The van der Waals surface area contributed by atoms with Gasteiger partial charge in [0.25, 0.3) is 11.4 Å². The van der Waals surface area contributed by atoms with Crippen LogP contribution >= 0.6 is 11.6 Å². The topological polar surface area (TPSA) is 124 Å². The predicted molar refractivity (Wildman–Crippen MR) is 121 cm³/mol. The molecule has 0 amide bonds. The van der Waals surface area contributed by atoms with E-state index in [1.807, 2.05) is 6.07 Å². The first kappa shape index (κ1) is 20.5. The molecule has 10 nitrogen and oxygen atoms in total. The summed E-state index contributed by atoms with van der Waals surface area (Å²) in [6, 6.07) is 10.9. The number of halogens is 1. The zero-order valence-corrected chi connectivity index (χ0v) is 18.7. The highest BCUT2D eigenvalue weighted by molar-refractivity contribution is 6.32. The molecule has 1 aliphatic rings. The van der Waals surface area contributed by atoms with Gasteiger partial charge in [0.2, 0.25) is 5.82 Å². The van der Waals surface area contributed by atoms with E-state index >= 15 is 0 Å². The lowest BCUT2D eigenvalue weighted by atomic mass is 10.1. The summed E-state index contributed by atoms with van der Waals surface area (Å²) in [5.41, 5.74) is 1.38. The molecule has 1 aliphatic carbocycles. The van der Waals surface area contributed by atoms with Crippen LogP contribution < -0.4 is 5.56 Å². The quantitative estimate of drug-likeness (QED) is 0.380. The summed E-state index contributed by atoms with van der Waals surface area (Å²) >= 11 is 6.32. The van der Waals surface area contributed by atoms with Crippen LogP contribution in [0.3, 0.4) is 0 Å². The van der Waals surface area contributed by atoms with E-state index in [-0.39, 0.29) is 34.2 Å². The Morgan fingerprint density at radius 3 is 2.79 bits per heavy atom. The Hall–Kier alpha value is -4.07. The maximum absolute atomic E-state index is 13.9. The fourth-order valence-electron chi connectivity index (χ4n) is 4.19. The highest BCUT2D eigenvalue weighted by Gasteiger charge is 2.49. The van der Waals surface area contributed by atoms with Gasteiger partial charge in [-0.2, -0.15) is 10.2 Å². The van der Waals surface area contributed by atoms with Gasteiger partial charge in [-0.25, -0.2) is 4.98 Å². The van der Waals surface area contributed by atoms with Crippen molar-refractivity contribution in [2.24, 2.45) is 0 Å². The minimum absolute atomic E-state index is 0.121. The monoisotopic (exact) mass is 473 g/mol. The Labute approximate surface area is 197 Å². The van der Waals surface area contributed by atoms with Crippen LogP contribution in [0.2, 0.25) is 5.02 Å². The molecule has 0 aliphatic heterocycles. The lowest BCUT2D eigenvalue weighted by molar-refractivity contribution is 0.0689. The molecular weight excluding hydrogens is 458 g/mol. The standard InChI is InChI=1S/C23H16ClN7O3/c1-33-23(7-8-23)22-28-20(34-29-22)17-19-21(32)30(11-13-4-2-3-9-26-13)18-14(10-25)15(24)5-6-16(18)31(19)12-27-17/h2-6,9,12H,7-8,11H2,1H3. The predicted octanol–water partition coefficient (Wildman–Crippen LogP) is 3.30. The third kappa shape index (κ3) is 2.95. The second-order valence-corrected chi connectivity index (χ2v) is 8.45. The number of hydrogen-bond acceptors (Lipinski definition) is 8. The van der Waals surface area contributed by atoms with Crippen LogP contribution in [-0.4, -0.2) is 36.2 Å². The van der Waals surface area contributed by atoms with E-state index in [4.69, 9.17) is 20.9 Å². The minimum Gasteiger partial charge on any atom is -0.370 e. The molecule has 0 radical (unpaired) electrons. The third-order valence-electron chi connectivity index (χ3n) is 6.14. The number of nitrogens with zero attached hydrogens (tertiary/aromatic N) is 7. The summed E-state index contributed by atoms with van der Waals surface area (Å²) in [5, 5.41) is 14.1. The Balaban J connectivity index is 1.64. The molecule has 0 N–H and O–H groups in total.